The van der Waals surface area contributed by atoms with Crippen molar-refractivity contribution in [2.45, 2.75) is 69.2 Å². The predicted octanol–water partition coefficient (Wildman–Crippen LogP) is 8.23. The first-order valence-corrected chi connectivity index (χ1v) is 12.3. The zero-order chi connectivity index (χ0) is 24.2. The molecule has 0 bridgehead atoms. The van der Waals surface area contributed by atoms with Crippen molar-refractivity contribution in [2.24, 2.45) is 20.4 Å². The Hall–Kier alpha value is -1.62. The van der Waals surface area contributed by atoms with Crippen molar-refractivity contribution in [1.29, 1.82) is 0 Å². The van der Waals surface area contributed by atoms with Crippen molar-refractivity contribution in [3.05, 3.63) is 80.0 Å². The first kappa shape index (κ1) is 25.0. The molecule has 0 heterocycles. The van der Waals surface area contributed by atoms with Gasteiger partial charge < -0.3 is 0 Å². The molecule has 0 saturated carbocycles. The highest BCUT2D eigenvalue weighted by atomic mass is 31.0. The molecule has 2 unspecified atom stereocenters. The lowest BCUT2D eigenvalue weighted by Gasteiger charge is -2.32. The predicted molar refractivity (Wildman–Crippen MR) is 149 cm³/mol. The van der Waals surface area contributed by atoms with Crippen LogP contribution in [0.15, 0.2) is 78.4 Å². The van der Waals surface area contributed by atoms with Gasteiger partial charge in [-0.15, -0.1) is 0 Å². The highest BCUT2D eigenvalue weighted by Crippen LogP contribution is 2.50. The highest BCUT2D eigenvalue weighted by molar-refractivity contribution is 7.15. The minimum atomic E-state index is -0.181. The topological polar surface area (TPSA) is 24.7 Å². The van der Waals surface area contributed by atoms with Crippen LogP contribution in [0.25, 0.3) is 0 Å². The molecule has 2 nitrogen and oxygen atoms in total. The molecule has 0 saturated heterocycles. The normalized spacial score (nSPS) is 21.5. The van der Waals surface area contributed by atoms with E-state index >= 15 is 0 Å². The largest absolute Gasteiger partial charge is 0.271 e. The first-order chi connectivity index (χ1) is 14.9. The number of rotatable bonds is 4. The number of hydrogen-bond donors (Lipinski definition) is 0. The van der Waals surface area contributed by atoms with Gasteiger partial charge in [0.1, 0.15) is 0 Å². The Kier molecular flexibility index (Phi) is 6.74. The van der Waals surface area contributed by atoms with E-state index < -0.39 is 0 Å². The van der Waals surface area contributed by atoms with Crippen molar-refractivity contribution >= 4 is 30.2 Å². The van der Waals surface area contributed by atoms with E-state index in [0.717, 1.165) is 22.6 Å². The summed E-state index contributed by atoms with van der Waals surface area (Å²) in [7, 11) is 5.20. The van der Waals surface area contributed by atoms with E-state index in [9.17, 15) is 0 Å². The van der Waals surface area contributed by atoms with E-state index in [1.54, 1.807) is 0 Å². The summed E-state index contributed by atoms with van der Waals surface area (Å²) in [5.74, 6) is 0. The number of nitrogens with zero attached hydrogens (tertiary/aromatic N) is 2. The van der Waals surface area contributed by atoms with Crippen molar-refractivity contribution < 1.29 is 0 Å². The zero-order valence-corrected chi connectivity index (χ0v) is 23.7. The summed E-state index contributed by atoms with van der Waals surface area (Å²) in [6.07, 6.45) is 0. The molecule has 0 fully saturated rings. The molecule has 0 amide bonds. The fourth-order valence-corrected chi connectivity index (χ4v) is 6.48. The number of benzene rings is 1. The number of hydrogen-bond acceptors (Lipinski definition) is 2. The highest BCUT2D eigenvalue weighted by Gasteiger charge is 2.42. The Labute approximate surface area is 199 Å². The molecular formula is C28H38N2P2. The molecule has 1 aromatic carbocycles. The third-order valence-electron chi connectivity index (χ3n) is 9.01. The van der Waals surface area contributed by atoms with Gasteiger partial charge >= 0.3 is 0 Å². The Bertz CT molecular complexity index is 1030. The van der Waals surface area contributed by atoms with Crippen LogP contribution in [-0.4, -0.2) is 11.4 Å². The van der Waals surface area contributed by atoms with Crippen LogP contribution in [0.5, 0.6) is 0 Å². The maximum absolute atomic E-state index is 4.73. The molecule has 0 aromatic heterocycles. The number of allylic oxidation sites excluding steroid dienone is 8. The Balaban J connectivity index is 2.07. The van der Waals surface area contributed by atoms with Gasteiger partial charge in [-0.05, 0) is 121 Å². The molecule has 170 valence electrons. The molecular weight excluding hydrogens is 426 g/mol. The maximum Gasteiger partial charge on any atom is 0.0598 e. The molecule has 0 radical (unpaired) electrons. The van der Waals surface area contributed by atoms with Crippen LogP contribution >= 0.6 is 18.8 Å². The lowest BCUT2D eigenvalue weighted by atomic mass is 9.71. The molecule has 3 rings (SSSR count). The van der Waals surface area contributed by atoms with Gasteiger partial charge in [-0.25, -0.2) is 0 Å². The second-order valence-corrected chi connectivity index (χ2v) is 10.3. The maximum atomic E-state index is 4.73. The van der Waals surface area contributed by atoms with Crippen LogP contribution in [0.3, 0.4) is 0 Å². The quantitative estimate of drug-likeness (QED) is 0.317. The van der Waals surface area contributed by atoms with Gasteiger partial charge in [-0.3, -0.25) is 9.53 Å². The van der Waals surface area contributed by atoms with Crippen molar-refractivity contribution in [3.8, 4) is 0 Å². The summed E-state index contributed by atoms with van der Waals surface area (Å²) >= 11 is 0. The van der Waals surface area contributed by atoms with Gasteiger partial charge in [-0.2, -0.15) is 0 Å². The fourth-order valence-electron chi connectivity index (χ4n) is 5.67. The molecule has 2 aliphatic rings. The summed E-state index contributed by atoms with van der Waals surface area (Å²) in [4.78, 5) is 0. The molecule has 1 aromatic rings. The van der Waals surface area contributed by atoms with Gasteiger partial charge in [0.15, 0.2) is 0 Å². The molecule has 0 aliphatic heterocycles. The van der Waals surface area contributed by atoms with Crippen LogP contribution < -0.4 is 0 Å². The first-order valence-electron chi connectivity index (χ1n) is 11.3. The molecule has 32 heavy (non-hydrogen) atoms. The van der Waals surface area contributed by atoms with Crippen LogP contribution in [0.2, 0.25) is 0 Å². The van der Waals surface area contributed by atoms with Crippen LogP contribution in [0.1, 0.15) is 80.4 Å². The van der Waals surface area contributed by atoms with E-state index in [2.05, 4.69) is 112 Å². The SMILES string of the molecule is CC1=C(C)C(C)(/C(=N/P)c2ccc(/C(=N\P)C3(C)C(C)=C(C)C(C)=C3C)cc2)C(C)=C1C. The second kappa shape index (κ2) is 8.62. The monoisotopic (exact) mass is 464 g/mol. The Morgan fingerprint density at radius 1 is 0.531 bits per heavy atom. The van der Waals surface area contributed by atoms with E-state index in [4.69, 9.17) is 9.53 Å². The lowest BCUT2D eigenvalue weighted by molar-refractivity contribution is 0.673. The average Bonchev–Trinajstić information content (AvgIpc) is 3.03. The smallest absolute Gasteiger partial charge is 0.0598 e. The summed E-state index contributed by atoms with van der Waals surface area (Å²) in [5, 5.41) is 0. The summed E-state index contributed by atoms with van der Waals surface area (Å²) in [6, 6.07) is 8.83. The molecule has 0 spiro atoms. The van der Waals surface area contributed by atoms with E-state index in [-0.39, 0.29) is 10.8 Å². The Morgan fingerprint density at radius 2 is 0.750 bits per heavy atom. The minimum absolute atomic E-state index is 0.181. The van der Waals surface area contributed by atoms with Crippen molar-refractivity contribution in [3.63, 3.8) is 0 Å². The van der Waals surface area contributed by atoms with Gasteiger partial charge in [0.25, 0.3) is 0 Å². The minimum Gasteiger partial charge on any atom is -0.271 e. The third kappa shape index (κ3) is 3.29. The lowest BCUT2D eigenvalue weighted by Crippen LogP contribution is -2.31. The van der Waals surface area contributed by atoms with Crippen LogP contribution in [-0.2, 0) is 0 Å². The average molecular weight is 465 g/mol. The van der Waals surface area contributed by atoms with Crippen molar-refractivity contribution in [1.82, 2.24) is 0 Å². The van der Waals surface area contributed by atoms with Crippen LogP contribution in [0.4, 0.5) is 0 Å². The summed E-state index contributed by atoms with van der Waals surface area (Å²) < 4.78 is 9.45. The standard InChI is InChI=1S/C28H38N2P2/c1-15-16(2)20(6)27(9,19(15)5)25(29-31)23-11-13-24(14-12-23)26(30-32)28(10)21(7)17(3)18(4)22(28)8/h11-14H,31-32H2,1-10H3/b29-25+,30-26+. The zero-order valence-electron chi connectivity index (χ0n) is 21.4. The molecule has 0 N–H and O–H groups in total. The van der Waals surface area contributed by atoms with E-state index in [1.165, 1.54) is 44.6 Å². The molecule has 2 aliphatic carbocycles. The summed E-state index contributed by atoms with van der Waals surface area (Å²) in [5.41, 5.74) is 15.2. The van der Waals surface area contributed by atoms with Gasteiger partial charge in [-0.1, -0.05) is 46.6 Å². The third-order valence-corrected chi connectivity index (χ3v) is 9.53. The van der Waals surface area contributed by atoms with Gasteiger partial charge in [0.05, 0.1) is 22.3 Å². The van der Waals surface area contributed by atoms with Crippen LogP contribution in [0, 0.1) is 10.8 Å². The van der Waals surface area contributed by atoms with Crippen molar-refractivity contribution in [2.75, 3.05) is 0 Å². The molecule has 2 atom stereocenters. The fraction of sp³-hybridized carbons (Fsp3) is 0.429. The van der Waals surface area contributed by atoms with Gasteiger partial charge in [0.2, 0.25) is 0 Å². The Morgan fingerprint density at radius 3 is 0.938 bits per heavy atom. The molecule has 4 heteroatoms. The van der Waals surface area contributed by atoms with Gasteiger partial charge in [0, 0.05) is 0 Å². The van der Waals surface area contributed by atoms with E-state index in [1.807, 2.05) is 0 Å². The van der Waals surface area contributed by atoms with E-state index in [0.29, 0.717) is 0 Å². The second-order valence-electron chi connectivity index (χ2n) is 9.78. The summed E-state index contributed by atoms with van der Waals surface area (Å²) in [6.45, 7) is 22.5.